The van der Waals surface area contributed by atoms with Crippen LogP contribution in [0, 0.1) is 19.7 Å². The maximum atomic E-state index is 13.4. The van der Waals surface area contributed by atoms with Gasteiger partial charge >= 0.3 is 0 Å². The van der Waals surface area contributed by atoms with E-state index in [0.717, 1.165) is 21.7 Å². The molecule has 4 nitrogen and oxygen atoms in total. The summed E-state index contributed by atoms with van der Waals surface area (Å²) in [5, 5.41) is 3.17. The molecule has 23 heavy (non-hydrogen) atoms. The van der Waals surface area contributed by atoms with Crippen molar-refractivity contribution in [2.75, 3.05) is 10.2 Å². The zero-order valence-electron chi connectivity index (χ0n) is 13.0. The number of benzene rings is 2. The molecule has 2 aromatic rings. The molecule has 3 rings (SSSR count). The summed E-state index contributed by atoms with van der Waals surface area (Å²) < 4.78 is 13.4. The normalized spacial score (nSPS) is 17.7. The number of aryl methyl sites for hydroxylation is 2. The lowest BCUT2D eigenvalue weighted by Gasteiger charge is -2.18. The maximum absolute atomic E-state index is 13.4. The maximum Gasteiger partial charge on any atom is 0.256 e. The molecule has 1 atom stereocenters. The molecule has 0 spiro atoms. The number of anilines is 2. The van der Waals surface area contributed by atoms with E-state index in [-0.39, 0.29) is 23.9 Å². The van der Waals surface area contributed by atoms with Crippen molar-refractivity contribution in [3.05, 3.63) is 59.4 Å². The van der Waals surface area contributed by atoms with Crippen LogP contribution >= 0.6 is 0 Å². The number of para-hydroxylation sites is 1. The van der Waals surface area contributed by atoms with E-state index in [1.165, 1.54) is 18.2 Å². The zero-order chi connectivity index (χ0) is 16.6. The van der Waals surface area contributed by atoms with Crippen molar-refractivity contribution in [2.24, 2.45) is 0 Å². The van der Waals surface area contributed by atoms with E-state index in [4.69, 9.17) is 0 Å². The summed E-state index contributed by atoms with van der Waals surface area (Å²) in [6.07, 6.45) is 0.0587. The van der Waals surface area contributed by atoms with Crippen LogP contribution in [-0.4, -0.2) is 17.9 Å². The first-order chi connectivity index (χ1) is 11.0. The third-order valence-electron chi connectivity index (χ3n) is 4.01. The first kappa shape index (κ1) is 15.2. The Morgan fingerprint density at radius 1 is 1.09 bits per heavy atom. The van der Waals surface area contributed by atoms with Gasteiger partial charge in [-0.1, -0.05) is 24.3 Å². The SMILES string of the molecule is Cc1cccc(C)c1NC1CC(=O)N(c2cccc(F)c2)C1=O. The highest BCUT2D eigenvalue weighted by Crippen LogP contribution is 2.27. The minimum absolute atomic E-state index is 0.0587. The van der Waals surface area contributed by atoms with Crippen molar-refractivity contribution in [2.45, 2.75) is 26.3 Å². The number of halogens is 1. The first-order valence-corrected chi connectivity index (χ1v) is 7.42. The van der Waals surface area contributed by atoms with Crippen LogP contribution in [0.15, 0.2) is 42.5 Å². The van der Waals surface area contributed by atoms with Gasteiger partial charge in [-0.05, 0) is 43.2 Å². The highest BCUT2D eigenvalue weighted by atomic mass is 19.1. The lowest BCUT2D eigenvalue weighted by Crippen LogP contribution is -2.35. The van der Waals surface area contributed by atoms with Gasteiger partial charge in [0.1, 0.15) is 11.9 Å². The molecule has 1 saturated heterocycles. The van der Waals surface area contributed by atoms with Crippen molar-refractivity contribution >= 4 is 23.2 Å². The molecule has 118 valence electrons. The summed E-state index contributed by atoms with van der Waals surface area (Å²) in [6.45, 7) is 3.89. The van der Waals surface area contributed by atoms with E-state index in [1.807, 2.05) is 32.0 Å². The molecule has 2 aromatic carbocycles. The first-order valence-electron chi connectivity index (χ1n) is 7.42. The lowest BCUT2D eigenvalue weighted by molar-refractivity contribution is -0.121. The van der Waals surface area contributed by atoms with Crippen LogP contribution in [0.4, 0.5) is 15.8 Å². The Morgan fingerprint density at radius 2 is 1.74 bits per heavy atom. The number of rotatable bonds is 3. The van der Waals surface area contributed by atoms with E-state index in [9.17, 15) is 14.0 Å². The second-order valence-corrected chi connectivity index (χ2v) is 5.72. The van der Waals surface area contributed by atoms with E-state index < -0.39 is 11.9 Å². The van der Waals surface area contributed by atoms with Gasteiger partial charge in [-0.2, -0.15) is 0 Å². The van der Waals surface area contributed by atoms with Gasteiger partial charge in [0, 0.05) is 5.69 Å². The van der Waals surface area contributed by atoms with E-state index >= 15 is 0 Å². The van der Waals surface area contributed by atoms with Crippen LogP contribution in [0.5, 0.6) is 0 Å². The quantitative estimate of drug-likeness (QED) is 0.886. The third-order valence-corrected chi connectivity index (χ3v) is 4.01. The Kier molecular flexibility index (Phi) is 3.86. The van der Waals surface area contributed by atoms with Gasteiger partial charge in [-0.3, -0.25) is 9.59 Å². The number of nitrogens with zero attached hydrogens (tertiary/aromatic N) is 1. The number of nitrogens with one attached hydrogen (secondary N) is 1. The predicted octanol–water partition coefficient (Wildman–Crippen LogP) is 3.19. The fraction of sp³-hybridized carbons (Fsp3) is 0.222. The van der Waals surface area contributed by atoms with Crippen LogP contribution in [0.1, 0.15) is 17.5 Å². The Labute approximate surface area is 133 Å². The summed E-state index contributed by atoms with van der Waals surface area (Å²) in [6, 6.07) is 10.7. The molecule has 1 aliphatic rings. The standard InChI is InChI=1S/C18H17FN2O2/c1-11-5-3-6-12(2)17(11)20-15-10-16(22)21(18(15)23)14-8-4-7-13(19)9-14/h3-9,15,20H,10H2,1-2H3. The number of hydrogen-bond donors (Lipinski definition) is 1. The van der Waals surface area contributed by atoms with Gasteiger partial charge in [0.15, 0.2) is 0 Å². The number of carbonyl (C=O) groups is 2. The molecule has 0 radical (unpaired) electrons. The van der Waals surface area contributed by atoms with Crippen molar-refractivity contribution < 1.29 is 14.0 Å². The van der Waals surface area contributed by atoms with E-state index in [0.29, 0.717) is 0 Å². The van der Waals surface area contributed by atoms with Crippen molar-refractivity contribution in [3.8, 4) is 0 Å². The molecule has 1 aliphatic heterocycles. The van der Waals surface area contributed by atoms with Crippen molar-refractivity contribution in [3.63, 3.8) is 0 Å². The van der Waals surface area contributed by atoms with Crippen LogP contribution in [0.25, 0.3) is 0 Å². The Hall–Kier alpha value is -2.69. The number of carbonyl (C=O) groups excluding carboxylic acids is 2. The molecular formula is C18H17FN2O2. The number of hydrogen-bond acceptors (Lipinski definition) is 3. The van der Waals surface area contributed by atoms with Crippen LogP contribution in [0.2, 0.25) is 0 Å². The highest BCUT2D eigenvalue weighted by molar-refractivity contribution is 6.23. The third kappa shape index (κ3) is 2.82. The van der Waals surface area contributed by atoms with Crippen molar-refractivity contribution in [1.29, 1.82) is 0 Å². The Balaban J connectivity index is 1.87. The molecule has 1 fully saturated rings. The minimum atomic E-state index is -0.634. The van der Waals surface area contributed by atoms with E-state index in [2.05, 4.69) is 5.32 Å². The lowest BCUT2D eigenvalue weighted by atomic mass is 10.1. The molecule has 0 bridgehead atoms. The fourth-order valence-corrected chi connectivity index (χ4v) is 2.85. The summed E-state index contributed by atoms with van der Waals surface area (Å²) >= 11 is 0. The van der Waals surface area contributed by atoms with Gasteiger partial charge < -0.3 is 5.32 Å². The molecular weight excluding hydrogens is 295 g/mol. The summed E-state index contributed by atoms with van der Waals surface area (Å²) in [7, 11) is 0. The van der Waals surface area contributed by atoms with E-state index in [1.54, 1.807) is 6.07 Å². The topological polar surface area (TPSA) is 49.4 Å². The van der Waals surface area contributed by atoms with Crippen LogP contribution in [0.3, 0.4) is 0 Å². The predicted molar refractivity (Wildman–Crippen MR) is 86.8 cm³/mol. The summed E-state index contributed by atoms with van der Waals surface area (Å²) in [5.41, 5.74) is 3.15. The van der Waals surface area contributed by atoms with Gasteiger partial charge in [0.25, 0.3) is 5.91 Å². The van der Waals surface area contributed by atoms with Gasteiger partial charge in [-0.25, -0.2) is 9.29 Å². The molecule has 1 heterocycles. The van der Waals surface area contributed by atoms with Crippen LogP contribution < -0.4 is 10.2 Å². The summed E-state index contributed by atoms with van der Waals surface area (Å²) in [4.78, 5) is 25.8. The average molecular weight is 312 g/mol. The molecule has 5 heteroatoms. The summed E-state index contributed by atoms with van der Waals surface area (Å²) in [5.74, 6) is -1.16. The molecule has 2 amide bonds. The second kappa shape index (κ2) is 5.83. The molecule has 0 aromatic heterocycles. The molecule has 1 unspecified atom stereocenters. The number of imide groups is 1. The zero-order valence-corrected chi connectivity index (χ0v) is 13.0. The Morgan fingerprint density at radius 3 is 2.39 bits per heavy atom. The molecule has 1 N–H and O–H groups in total. The fourth-order valence-electron chi connectivity index (χ4n) is 2.85. The smallest absolute Gasteiger partial charge is 0.256 e. The van der Waals surface area contributed by atoms with Crippen LogP contribution in [-0.2, 0) is 9.59 Å². The van der Waals surface area contributed by atoms with Gasteiger partial charge in [-0.15, -0.1) is 0 Å². The van der Waals surface area contributed by atoms with Gasteiger partial charge in [0.2, 0.25) is 5.91 Å². The minimum Gasteiger partial charge on any atom is -0.373 e. The average Bonchev–Trinajstić information content (AvgIpc) is 2.77. The molecule has 0 aliphatic carbocycles. The molecule has 0 saturated carbocycles. The largest absolute Gasteiger partial charge is 0.373 e. The monoisotopic (exact) mass is 312 g/mol. The second-order valence-electron chi connectivity index (χ2n) is 5.72. The van der Waals surface area contributed by atoms with Gasteiger partial charge in [0.05, 0.1) is 12.1 Å². The Bertz CT molecular complexity index is 768. The number of amides is 2. The highest BCUT2D eigenvalue weighted by Gasteiger charge is 2.39. The van der Waals surface area contributed by atoms with Crippen molar-refractivity contribution in [1.82, 2.24) is 0 Å².